The van der Waals surface area contributed by atoms with Gasteiger partial charge in [-0.1, -0.05) is 30.3 Å². The van der Waals surface area contributed by atoms with Gasteiger partial charge in [0.25, 0.3) is 11.8 Å². The number of carbonyl (C=O) groups excluding carboxylic acids is 4. The predicted octanol–water partition coefficient (Wildman–Crippen LogP) is -0.0386. The first-order valence-electron chi connectivity index (χ1n) is 9.05. The van der Waals surface area contributed by atoms with E-state index in [-0.39, 0.29) is 25.1 Å². The van der Waals surface area contributed by atoms with Crippen molar-refractivity contribution in [3.8, 4) is 11.4 Å². The molecular formula is C19H18N6O4. The van der Waals surface area contributed by atoms with Crippen molar-refractivity contribution in [2.75, 3.05) is 7.05 Å². The molecule has 2 aromatic rings. The van der Waals surface area contributed by atoms with Crippen LogP contribution in [0.15, 0.2) is 42.1 Å². The minimum Gasteiger partial charge on any atom is -0.362 e. The Bertz CT molecular complexity index is 1030. The summed E-state index contributed by atoms with van der Waals surface area (Å²) in [6.07, 6.45) is 1.40. The third-order valence-corrected chi connectivity index (χ3v) is 4.82. The molecule has 0 saturated carbocycles. The summed E-state index contributed by atoms with van der Waals surface area (Å²) in [6.45, 7) is 0.216. The number of rotatable bonds is 5. The lowest BCUT2D eigenvalue weighted by molar-refractivity contribution is -0.150. The van der Waals surface area contributed by atoms with Gasteiger partial charge in [-0.05, 0) is 6.42 Å². The van der Waals surface area contributed by atoms with Gasteiger partial charge in [0.15, 0.2) is 5.82 Å². The highest BCUT2D eigenvalue weighted by Crippen LogP contribution is 2.23. The maximum Gasteiger partial charge on any atom is 0.277 e. The van der Waals surface area contributed by atoms with Crippen LogP contribution in [0.1, 0.15) is 18.7 Å². The molecule has 0 bridgehead atoms. The van der Waals surface area contributed by atoms with Gasteiger partial charge in [-0.15, -0.1) is 0 Å². The normalized spacial score (nSPS) is 19.4. The molecule has 1 atom stereocenters. The van der Waals surface area contributed by atoms with E-state index < -0.39 is 29.7 Å². The molecular weight excluding hydrogens is 376 g/mol. The Balaban J connectivity index is 1.46. The minimum absolute atomic E-state index is 0.0823. The van der Waals surface area contributed by atoms with Crippen molar-refractivity contribution in [1.29, 1.82) is 0 Å². The summed E-state index contributed by atoms with van der Waals surface area (Å²) in [5.74, 6) is -1.14. The lowest BCUT2D eigenvalue weighted by atomic mass is 10.0. The van der Waals surface area contributed by atoms with E-state index in [0.717, 1.165) is 10.5 Å². The van der Waals surface area contributed by atoms with Crippen LogP contribution in [0.5, 0.6) is 0 Å². The summed E-state index contributed by atoms with van der Waals surface area (Å²) in [4.78, 5) is 55.4. The first-order chi connectivity index (χ1) is 13.9. The van der Waals surface area contributed by atoms with Gasteiger partial charge < -0.3 is 4.90 Å². The van der Waals surface area contributed by atoms with Crippen LogP contribution in [0, 0.1) is 0 Å². The second-order valence-corrected chi connectivity index (χ2v) is 6.84. The first kappa shape index (κ1) is 18.5. The molecule has 2 N–H and O–H groups in total. The number of aromatic nitrogens is 3. The van der Waals surface area contributed by atoms with Crippen LogP contribution >= 0.6 is 0 Å². The van der Waals surface area contributed by atoms with Crippen molar-refractivity contribution < 1.29 is 19.2 Å². The standard InChI is InChI=1S/C19H18N6O4/c1-24(10-14-20-17(23-22-14)11-5-3-2-4-6-11)13-9-16(27)25(19(13)29)12-7-8-15(26)21-18(12)28/h2-6,9,12H,7-8,10H2,1H3,(H,20,22,23)(H,21,26,28). The fraction of sp³-hybridized carbons (Fsp3) is 0.263. The molecule has 4 amide bonds. The van der Waals surface area contributed by atoms with E-state index in [1.54, 1.807) is 11.9 Å². The average Bonchev–Trinajstić information content (AvgIpc) is 3.28. The molecule has 29 heavy (non-hydrogen) atoms. The fourth-order valence-corrected chi connectivity index (χ4v) is 3.36. The fourth-order valence-electron chi connectivity index (χ4n) is 3.36. The van der Waals surface area contributed by atoms with Crippen molar-refractivity contribution in [2.45, 2.75) is 25.4 Å². The molecule has 3 heterocycles. The van der Waals surface area contributed by atoms with Crippen molar-refractivity contribution in [3.63, 3.8) is 0 Å². The molecule has 1 saturated heterocycles. The van der Waals surface area contributed by atoms with E-state index in [9.17, 15) is 19.2 Å². The van der Waals surface area contributed by atoms with Crippen molar-refractivity contribution in [2.24, 2.45) is 0 Å². The Morgan fingerprint density at radius 3 is 2.66 bits per heavy atom. The lowest BCUT2D eigenvalue weighted by Gasteiger charge is -2.29. The molecule has 2 aliphatic heterocycles. The smallest absolute Gasteiger partial charge is 0.277 e. The number of piperidine rings is 1. The average molecular weight is 394 g/mol. The highest BCUT2D eigenvalue weighted by atomic mass is 16.2. The summed E-state index contributed by atoms with van der Waals surface area (Å²) >= 11 is 0. The number of nitrogens with zero attached hydrogens (tertiary/aromatic N) is 4. The number of carbonyl (C=O) groups is 4. The van der Waals surface area contributed by atoms with Crippen molar-refractivity contribution >= 4 is 23.6 Å². The summed E-state index contributed by atoms with van der Waals surface area (Å²) in [5, 5.41) is 9.17. The quantitative estimate of drug-likeness (QED) is 0.681. The molecule has 1 aromatic heterocycles. The van der Waals surface area contributed by atoms with E-state index in [0.29, 0.717) is 11.6 Å². The minimum atomic E-state index is -0.982. The molecule has 1 aromatic carbocycles. The van der Waals surface area contributed by atoms with E-state index in [2.05, 4.69) is 20.5 Å². The molecule has 1 unspecified atom stereocenters. The number of nitrogens with one attached hydrogen (secondary N) is 2. The molecule has 1 fully saturated rings. The van der Waals surface area contributed by atoms with E-state index in [4.69, 9.17) is 0 Å². The molecule has 4 rings (SSSR count). The van der Waals surface area contributed by atoms with Gasteiger partial charge in [0.05, 0.1) is 6.54 Å². The van der Waals surface area contributed by atoms with Crippen LogP contribution in [0.4, 0.5) is 0 Å². The predicted molar refractivity (Wildman–Crippen MR) is 99.4 cm³/mol. The number of hydrogen-bond donors (Lipinski definition) is 2. The highest BCUT2D eigenvalue weighted by molar-refractivity contribution is 6.18. The summed E-state index contributed by atoms with van der Waals surface area (Å²) in [5.41, 5.74) is 1.00. The Hall–Kier alpha value is -3.82. The first-order valence-corrected chi connectivity index (χ1v) is 9.05. The van der Waals surface area contributed by atoms with Crippen LogP contribution in [0.3, 0.4) is 0 Å². The topological polar surface area (TPSA) is 128 Å². The third kappa shape index (κ3) is 3.51. The molecule has 0 radical (unpaired) electrons. The second kappa shape index (κ2) is 7.30. The van der Waals surface area contributed by atoms with Crippen LogP contribution in [0.2, 0.25) is 0 Å². The lowest BCUT2D eigenvalue weighted by Crippen LogP contribution is -2.54. The zero-order valence-electron chi connectivity index (χ0n) is 15.6. The van der Waals surface area contributed by atoms with Gasteiger partial charge >= 0.3 is 0 Å². The van der Waals surface area contributed by atoms with E-state index >= 15 is 0 Å². The van der Waals surface area contributed by atoms with Crippen LogP contribution in [-0.2, 0) is 25.7 Å². The van der Waals surface area contributed by atoms with Gasteiger partial charge in [0.2, 0.25) is 11.8 Å². The van der Waals surface area contributed by atoms with Crippen LogP contribution in [-0.4, -0.2) is 61.7 Å². The van der Waals surface area contributed by atoms with Gasteiger partial charge in [-0.25, -0.2) is 4.98 Å². The van der Waals surface area contributed by atoms with Gasteiger partial charge in [0, 0.05) is 25.1 Å². The van der Waals surface area contributed by atoms with Crippen molar-refractivity contribution in [1.82, 2.24) is 30.3 Å². The Morgan fingerprint density at radius 2 is 1.93 bits per heavy atom. The Morgan fingerprint density at radius 1 is 1.17 bits per heavy atom. The number of imide groups is 2. The number of amides is 4. The zero-order valence-corrected chi connectivity index (χ0v) is 15.6. The van der Waals surface area contributed by atoms with Gasteiger partial charge in [-0.2, -0.15) is 5.10 Å². The third-order valence-electron chi connectivity index (χ3n) is 4.82. The van der Waals surface area contributed by atoms with Gasteiger partial charge in [-0.3, -0.25) is 34.5 Å². The van der Waals surface area contributed by atoms with Gasteiger partial charge in [0.1, 0.15) is 17.6 Å². The zero-order chi connectivity index (χ0) is 20.5. The number of likely N-dealkylation sites (N-methyl/N-ethyl adjacent to an activating group) is 1. The monoisotopic (exact) mass is 394 g/mol. The van der Waals surface area contributed by atoms with E-state index in [1.165, 1.54) is 6.08 Å². The van der Waals surface area contributed by atoms with Crippen LogP contribution < -0.4 is 5.32 Å². The molecule has 0 spiro atoms. The molecule has 10 nitrogen and oxygen atoms in total. The number of hydrogen-bond acceptors (Lipinski definition) is 7. The van der Waals surface area contributed by atoms with E-state index in [1.807, 2.05) is 30.3 Å². The molecule has 10 heteroatoms. The maximum atomic E-state index is 12.8. The summed E-state index contributed by atoms with van der Waals surface area (Å²) in [6, 6.07) is 8.45. The summed E-state index contributed by atoms with van der Waals surface area (Å²) in [7, 11) is 1.65. The molecule has 0 aliphatic carbocycles. The largest absolute Gasteiger partial charge is 0.362 e. The number of benzene rings is 1. The highest BCUT2D eigenvalue weighted by Gasteiger charge is 2.43. The Labute approximate surface area is 165 Å². The Kier molecular flexibility index (Phi) is 4.67. The number of aromatic amines is 1. The molecule has 2 aliphatic rings. The maximum absolute atomic E-state index is 12.8. The molecule has 148 valence electrons. The van der Waals surface area contributed by atoms with Crippen LogP contribution in [0.25, 0.3) is 11.4 Å². The number of H-pyrrole nitrogens is 1. The SMILES string of the molecule is CN(Cc1nc(-c2ccccc2)n[nH]1)C1=CC(=O)N(C2CCC(=O)NC2=O)C1=O. The summed E-state index contributed by atoms with van der Waals surface area (Å²) < 4.78 is 0. The van der Waals surface area contributed by atoms with Crippen molar-refractivity contribution in [3.05, 3.63) is 47.9 Å². The second-order valence-electron chi connectivity index (χ2n) is 6.84.